The van der Waals surface area contributed by atoms with Crippen LogP contribution in [0.4, 0.5) is 0 Å². The molecule has 9 nitrogen and oxygen atoms in total. The number of rotatable bonds is 5. The molecule has 0 unspecified atom stereocenters. The van der Waals surface area contributed by atoms with E-state index in [1.807, 2.05) is 13.1 Å². The van der Waals surface area contributed by atoms with Crippen LogP contribution in [-0.4, -0.2) is 58.1 Å². The number of carbonyl (C=O) groups excluding carboxylic acids is 3. The van der Waals surface area contributed by atoms with E-state index in [1.54, 1.807) is 22.7 Å². The lowest BCUT2D eigenvalue weighted by atomic mass is 10.1. The van der Waals surface area contributed by atoms with E-state index in [0.717, 1.165) is 5.69 Å². The van der Waals surface area contributed by atoms with Gasteiger partial charge in [-0.15, -0.1) is 0 Å². The van der Waals surface area contributed by atoms with Crippen LogP contribution in [0.2, 0.25) is 0 Å². The third-order valence-electron chi connectivity index (χ3n) is 4.70. The number of pyridine rings is 1. The van der Waals surface area contributed by atoms with Crippen molar-refractivity contribution in [3.05, 3.63) is 35.8 Å². The second-order valence-corrected chi connectivity index (χ2v) is 6.64. The van der Waals surface area contributed by atoms with Gasteiger partial charge in [0.25, 0.3) is 5.91 Å². The molecule has 3 N–H and O–H groups in total. The normalized spacial score (nSPS) is 21.8. The lowest BCUT2D eigenvalue weighted by molar-refractivity contribution is -0.141. The topological polar surface area (TPSA) is 122 Å². The number of carbonyl (C=O) groups is 3. The predicted molar refractivity (Wildman–Crippen MR) is 94.9 cm³/mol. The Kier molecular flexibility index (Phi) is 5.41. The zero-order chi connectivity index (χ0) is 19.6. The molecule has 0 bridgehead atoms. The zero-order valence-corrected chi connectivity index (χ0v) is 15.1. The van der Waals surface area contributed by atoms with Gasteiger partial charge in [0.1, 0.15) is 12.2 Å². The molecule has 2 aromatic heterocycles. The molecule has 3 atom stereocenters. The minimum atomic E-state index is -0.843. The number of ether oxygens (including phenoxy) is 1. The molecule has 1 fully saturated rings. The summed E-state index contributed by atoms with van der Waals surface area (Å²) < 4.78 is 6.24. The highest BCUT2D eigenvalue weighted by Crippen LogP contribution is 2.27. The summed E-state index contributed by atoms with van der Waals surface area (Å²) in [5.74, 6) is -1.73. The third kappa shape index (κ3) is 4.08. The maximum absolute atomic E-state index is 12.7. The molecule has 1 aliphatic carbocycles. The van der Waals surface area contributed by atoms with Crippen molar-refractivity contribution in [3.63, 3.8) is 0 Å². The van der Waals surface area contributed by atoms with Gasteiger partial charge in [0, 0.05) is 18.3 Å². The van der Waals surface area contributed by atoms with Crippen LogP contribution in [0.15, 0.2) is 24.5 Å². The molecule has 0 aromatic carbocycles. The summed E-state index contributed by atoms with van der Waals surface area (Å²) >= 11 is 0. The van der Waals surface area contributed by atoms with Crippen molar-refractivity contribution in [2.75, 3.05) is 13.7 Å². The van der Waals surface area contributed by atoms with Crippen LogP contribution in [0.5, 0.6) is 0 Å². The maximum Gasteiger partial charge on any atom is 0.325 e. The Balaban J connectivity index is 1.64. The quantitative estimate of drug-likeness (QED) is 0.623. The summed E-state index contributed by atoms with van der Waals surface area (Å²) in [6.07, 6.45) is 3.28. The molecule has 1 saturated carbocycles. The first-order chi connectivity index (χ1) is 12.9. The van der Waals surface area contributed by atoms with Crippen LogP contribution < -0.4 is 10.6 Å². The number of methoxy groups -OCH3 is 1. The lowest BCUT2D eigenvalue weighted by Crippen LogP contribution is -2.40. The van der Waals surface area contributed by atoms with Crippen molar-refractivity contribution in [1.29, 1.82) is 0 Å². The van der Waals surface area contributed by atoms with Crippen LogP contribution in [0, 0.1) is 12.8 Å². The summed E-state index contributed by atoms with van der Waals surface area (Å²) in [6.45, 7) is 1.62. The number of imidazole rings is 1. The second kappa shape index (κ2) is 7.75. The Morgan fingerprint density at radius 3 is 2.89 bits per heavy atom. The molecule has 144 valence electrons. The largest absolute Gasteiger partial charge is 0.468 e. The third-order valence-corrected chi connectivity index (χ3v) is 4.70. The monoisotopic (exact) mass is 374 g/mol. The first kappa shape index (κ1) is 18.8. The number of esters is 1. The number of amides is 2. The van der Waals surface area contributed by atoms with Gasteiger partial charge < -0.3 is 24.9 Å². The number of aliphatic hydroxyl groups excluding tert-OH is 1. The summed E-state index contributed by atoms with van der Waals surface area (Å²) in [4.78, 5) is 40.3. The first-order valence-corrected chi connectivity index (χ1v) is 8.66. The zero-order valence-electron chi connectivity index (χ0n) is 15.1. The number of aliphatic hydroxyl groups is 1. The molecule has 2 heterocycles. The van der Waals surface area contributed by atoms with E-state index in [4.69, 9.17) is 0 Å². The highest BCUT2D eigenvalue weighted by atomic mass is 16.5. The summed E-state index contributed by atoms with van der Waals surface area (Å²) in [7, 11) is 1.24. The molecule has 27 heavy (non-hydrogen) atoms. The molecule has 2 aromatic rings. The summed E-state index contributed by atoms with van der Waals surface area (Å²) in [6, 6.07) is 2.86. The first-order valence-electron chi connectivity index (χ1n) is 8.66. The van der Waals surface area contributed by atoms with Crippen molar-refractivity contribution in [3.8, 4) is 0 Å². The van der Waals surface area contributed by atoms with E-state index < -0.39 is 24.0 Å². The molecule has 2 amide bonds. The maximum atomic E-state index is 12.7. The smallest absolute Gasteiger partial charge is 0.325 e. The van der Waals surface area contributed by atoms with Gasteiger partial charge in [0.2, 0.25) is 5.91 Å². The van der Waals surface area contributed by atoms with E-state index in [0.29, 0.717) is 11.2 Å². The Bertz CT molecular complexity index is 878. The Hall–Kier alpha value is -2.94. The molecule has 0 radical (unpaired) electrons. The molecule has 0 saturated heterocycles. The van der Waals surface area contributed by atoms with E-state index in [-0.39, 0.29) is 31.2 Å². The van der Waals surface area contributed by atoms with Crippen LogP contribution in [-0.2, 0) is 14.3 Å². The van der Waals surface area contributed by atoms with E-state index in [2.05, 4.69) is 20.4 Å². The SMILES string of the molecule is COC(=O)CNC(=O)[C@@H]1C[C@@H](O)[C@H](NC(=O)c2cccn3cc(C)nc23)C1. The number of hydrogen-bond donors (Lipinski definition) is 3. The van der Waals surface area contributed by atoms with Gasteiger partial charge in [-0.05, 0) is 31.9 Å². The van der Waals surface area contributed by atoms with E-state index in [9.17, 15) is 19.5 Å². The molecular weight excluding hydrogens is 352 g/mol. The Labute approximate surface area is 155 Å². The van der Waals surface area contributed by atoms with E-state index >= 15 is 0 Å². The fourth-order valence-corrected chi connectivity index (χ4v) is 3.32. The number of nitrogens with one attached hydrogen (secondary N) is 2. The average Bonchev–Trinajstić information content (AvgIpc) is 3.20. The van der Waals surface area contributed by atoms with Crippen molar-refractivity contribution in [2.45, 2.75) is 31.9 Å². The standard InChI is InChI=1S/C18H22N4O5/c1-10-9-22-5-3-4-12(16(22)20-10)18(26)21-13-6-11(7-14(13)23)17(25)19-8-15(24)27-2/h3-5,9,11,13-14,23H,6-8H2,1-2H3,(H,19,25)(H,21,26)/t11-,13+,14+/m0/s1. The molecule has 9 heteroatoms. The van der Waals surface area contributed by atoms with Crippen LogP contribution in [0.1, 0.15) is 28.9 Å². The second-order valence-electron chi connectivity index (χ2n) is 6.64. The number of fused-ring (bicyclic) bond motifs is 1. The highest BCUT2D eigenvalue weighted by Gasteiger charge is 2.38. The minimum Gasteiger partial charge on any atom is -0.468 e. The van der Waals surface area contributed by atoms with Gasteiger partial charge in [0.15, 0.2) is 0 Å². The van der Waals surface area contributed by atoms with Crippen molar-refractivity contribution in [2.24, 2.45) is 5.92 Å². The van der Waals surface area contributed by atoms with Crippen LogP contribution in [0.3, 0.4) is 0 Å². The Morgan fingerprint density at radius 2 is 2.15 bits per heavy atom. The predicted octanol–water partition coefficient (Wildman–Crippen LogP) is -0.199. The summed E-state index contributed by atoms with van der Waals surface area (Å²) in [5, 5.41) is 15.5. The summed E-state index contributed by atoms with van der Waals surface area (Å²) in [5.41, 5.74) is 1.72. The van der Waals surface area contributed by atoms with Gasteiger partial charge in [-0.2, -0.15) is 0 Å². The number of aryl methyl sites for hydroxylation is 1. The van der Waals surface area contributed by atoms with E-state index in [1.165, 1.54) is 7.11 Å². The van der Waals surface area contributed by atoms with Crippen LogP contribution >= 0.6 is 0 Å². The number of nitrogens with zero attached hydrogens (tertiary/aromatic N) is 2. The van der Waals surface area contributed by atoms with Crippen molar-refractivity contribution < 1.29 is 24.2 Å². The number of aromatic nitrogens is 2. The van der Waals surface area contributed by atoms with Gasteiger partial charge in [-0.3, -0.25) is 14.4 Å². The fraction of sp³-hybridized carbons (Fsp3) is 0.444. The molecule has 0 aliphatic heterocycles. The molecule has 1 aliphatic rings. The highest BCUT2D eigenvalue weighted by molar-refractivity contribution is 6.00. The van der Waals surface area contributed by atoms with Crippen molar-refractivity contribution >= 4 is 23.4 Å². The lowest BCUT2D eigenvalue weighted by Gasteiger charge is -2.16. The fourth-order valence-electron chi connectivity index (χ4n) is 3.32. The van der Waals surface area contributed by atoms with Gasteiger partial charge in [-0.25, -0.2) is 4.98 Å². The van der Waals surface area contributed by atoms with Gasteiger partial charge in [-0.1, -0.05) is 0 Å². The van der Waals surface area contributed by atoms with Crippen LogP contribution in [0.25, 0.3) is 5.65 Å². The number of hydrogen-bond acceptors (Lipinski definition) is 6. The Morgan fingerprint density at radius 1 is 1.37 bits per heavy atom. The van der Waals surface area contributed by atoms with Gasteiger partial charge >= 0.3 is 5.97 Å². The minimum absolute atomic E-state index is 0.213. The van der Waals surface area contributed by atoms with Gasteiger partial charge in [0.05, 0.1) is 30.5 Å². The molecular formula is C18H22N4O5. The molecule has 3 rings (SSSR count). The van der Waals surface area contributed by atoms with Crippen molar-refractivity contribution in [1.82, 2.24) is 20.0 Å². The average molecular weight is 374 g/mol. The molecule has 0 spiro atoms.